The zero-order valence-electron chi connectivity index (χ0n) is 18.5. The molecule has 0 aliphatic heterocycles. The van der Waals surface area contributed by atoms with E-state index in [-0.39, 0.29) is 5.91 Å². The number of aromatic nitrogens is 1. The summed E-state index contributed by atoms with van der Waals surface area (Å²) in [6.45, 7) is 5.58. The van der Waals surface area contributed by atoms with Crippen molar-refractivity contribution in [2.24, 2.45) is 5.10 Å². The molecule has 1 aromatic heterocycles. The van der Waals surface area contributed by atoms with Crippen molar-refractivity contribution in [1.29, 1.82) is 0 Å². The summed E-state index contributed by atoms with van der Waals surface area (Å²) in [6.07, 6.45) is 6.59. The smallest absolute Gasteiger partial charge is 0.271 e. The van der Waals surface area contributed by atoms with Crippen molar-refractivity contribution in [2.75, 3.05) is 13.2 Å². The first kappa shape index (κ1) is 23.0. The highest BCUT2D eigenvalue weighted by molar-refractivity contribution is 5.94. The largest absolute Gasteiger partial charge is 0.493 e. The fraction of sp³-hybridized carbons (Fsp3) is 0.269. The lowest BCUT2D eigenvalue weighted by Crippen LogP contribution is -2.17. The van der Waals surface area contributed by atoms with Crippen molar-refractivity contribution in [2.45, 2.75) is 32.6 Å². The number of benzene rings is 2. The maximum atomic E-state index is 11.9. The number of hydrogen-bond acceptors (Lipinski definition) is 5. The van der Waals surface area contributed by atoms with Gasteiger partial charge in [0.2, 0.25) is 0 Å². The van der Waals surface area contributed by atoms with Crippen molar-refractivity contribution in [1.82, 2.24) is 10.4 Å². The maximum Gasteiger partial charge on any atom is 0.271 e. The van der Waals surface area contributed by atoms with Crippen LogP contribution in [0.25, 0.3) is 0 Å². The molecule has 2 aromatic carbocycles. The molecule has 0 bridgehead atoms. The summed E-state index contributed by atoms with van der Waals surface area (Å²) in [7, 11) is 0. The van der Waals surface area contributed by atoms with Crippen LogP contribution in [0.3, 0.4) is 0 Å². The van der Waals surface area contributed by atoms with Crippen molar-refractivity contribution >= 4 is 12.1 Å². The Kier molecular flexibility index (Phi) is 8.80. The molecular weight excluding hydrogens is 402 g/mol. The molecular formula is C26H29N3O3. The molecule has 3 rings (SSSR count). The van der Waals surface area contributed by atoms with E-state index in [2.05, 4.69) is 41.5 Å². The van der Waals surface area contributed by atoms with Crippen LogP contribution in [0.1, 0.15) is 54.1 Å². The lowest BCUT2D eigenvalue weighted by atomic mass is 9.98. The highest BCUT2D eigenvalue weighted by Gasteiger charge is 2.09. The molecule has 1 atom stereocenters. The van der Waals surface area contributed by atoms with Crippen LogP contribution in [0.5, 0.6) is 11.5 Å². The molecule has 1 heterocycles. The second-order valence-corrected chi connectivity index (χ2v) is 7.40. The standard InChI is InChI=1S/C26H29N3O3/c1-3-20(2)24-7-4-5-8-25(24)32-18-6-17-31-23-11-9-21(10-12-23)19-28-29-26(30)22-13-15-27-16-14-22/h4-5,7-16,19-20H,3,6,17-18H2,1-2H3,(H,29,30)/b28-19-/t20-/m1/s1. The van der Waals surface area contributed by atoms with E-state index in [1.807, 2.05) is 36.4 Å². The average Bonchev–Trinajstić information content (AvgIpc) is 2.85. The predicted molar refractivity (Wildman–Crippen MR) is 126 cm³/mol. The topological polar surface area (TPSA) is 72.8 Å². The zero-order chi connectivity index (χ0) is 22.6. The average molecular weight is 432 g/mol. The van der Waals surface area contributed by atoms with Crippen molar-refractivity contribution in [3.63, 3.8) is 0 Å². The molecule has 166 valence electrons. The second kappa shape index (κ2) is 12.2. The van der Waals surface area contributed by atoms with Crippen LogP contribution in [0.2, 0.25) is 0 Å². The Morgan fingerprint density at radius 1 is 1.03 bits per heavy atom. The van der Waals surface area contributed by atoms with Gasteiger partial charge in [0.1, 0.15) is 11.5 Å². The molecule has 32 heavy (non-hydrogen) atoms. The van der Waals surface area contributed by atoms with Gasteiger partial charge in [-0.1, -0.05) is 32.0 Å². The van der Waals surface area contributed by atoms with Gasteiger partial charge >= 0.3 is 0 Å². The van der Waals surface area contributed by atoms with Crippen LogP contribution < -0.4 is 14.9 Å². The number of ether oxygens (including phenoxy) is 2. The molecule has 1 amide bonds. The molecule has 0 unspecified atom stereocenters. The van der Waals surface area contributed by atoms with Crippen molar-refractivity contribution < 1.29 is 14.3 Å². The summed E-state index contributed by atoms with van der Waals surface area (Å²) < 4.78 is 11.8. The number of nitrogens with zero attached hydrogens (tertiary/aromatic N) is 2. The summed E-state index contributed by atoms with van der Waals surface area (Å²) in [4.78, 5) is 15.8. The lowest BCUT2D eigenvalue weighted by molar-refractivity contribution is 0.0955. The first-order valence-corrected chi connectivity index (χ1v) is 10.9. The summed E-state index contributed by atoms with van der Waals surface area (Å²) in [5.74, 6) is 1.94. The van der Waals surface area contributed by atoms with Crippen LogP contribution >= 0.6 is 0 Å². The molecule has 0 aliphatic rings. The van der Waals surface area contributed by atoms with E-state index in [0.29, 0.717) is 24.7 Å². The van der Waals surface area contributed by atoms with E-state index in [1.165, 1.54) is 5.56 Å². The summed E-state index contributed by atoms with van der Waals surface area (Å²) in [6, 6.07) is 19.0. The number of hydrazone groups is 1. The summed E-state index contributed by atoms with van der Waals surface area (Å²) >= 11 is 0. The van der Waals surface area contributed by atoms with E-state index in [4.69, 9.17) is 9.47 Å². The van der Waals surface area contributed by atoms with Gasteiger partial charge in [0.25, 0.3) is 5.91 Å². The molecule has 0 saturated heterocycles. The Labute approximate surface area is 189 Å². The number of nitrogens with one attached hydrogen (secondary N) is 1. The van der Waals surface area contributed by atoms with Gasteiger partial charge in [-0.15, -0.1) is 0 Å². The molecule has 0 saturated carbocycles. The molecule has 0 radical (unpaired) electrons. The third-order valence-corrected chi connectivity index (χ3v) is 5.08. The molecule has 0 fully saturated rings. The van der Waals surface area contributed by atoms with Crippen molar-refractivity contribution in [3.05, 3.63) is 89.7 Å². The first-order valence-electron chi connectivity index (χ1n) is 10.9. The number of pyridine rings is 1. The highest BCUT2D eigenvalue weighted by Crippen LogP contribution is 2.28. The number of para-hydroxylation sites is 1. The van der Waals surface area contributed by atoms with Gasteiger partial charge in [0.15, 0.2) is 0 Å². The number of rotatable bonds is 11. The third kappa shape index (κ3) is 6.94. The van der Waals surface area contributed by atoms with Gasteiger partial charge in [-0.3, -0.25) is 9.78 Å². The fourth-order valence-electron chi connectivity index (χ4n) is 3.05. The fourth-order valence-corrected chi connectivity index (χ4v) is 3.05. The van der Waals surface area contributed by atoms with E-state index in [1.54, 1.807) is 30.7 Å². The zero-order valence-corrected chi connectivity index (χ0v) is 18.5. The van der Waals surface area contributed by atoms with E-state index < -0.39 is 0 Å². The van der Waals surface area contributed by atoms with E-state index in [0.717, 1.165) is 29.9 Å². The Hall–Kier alpha value is -3.67. The van der Waals surface area contributed by atoms with Gasteiger partial charge in [-0.2, -0.15) is 5.10 Å². The van der Waals surface area contributed by atoms with E-state index in [9.17, 15) is 4.79 Å². The van der Waals surface area contributed by atoms with Crippen LogP contribution in [0.4, 0.5) is 0 Å². The van der Waals surface area contributed by atoms with Crippen LogP contribution in [-0.2, 0) is 0 Å². The van der Waals surface area contributed by atoms with Gasteiger partial charge in [-0.25, -0.2) is 5.43 Å². The number of hydrogen-bond donors (Lipinski definition) is 1. The third-order valence-electron chi connectivity index (χ3n) is 5.08. The predicted octanol–water partition coefficient (Wildman–Crippen LogP) is 5.21. The molecule has 0 aliphatic carbocycles. The van der Waals surface area contributed by atoms with Gasteiger partial charge in [0, 0.05) is 24.4 Å². The molecule has 0 spiro atoms. The Morgan fingerprint density at radius 2 is 1.75 bits per heavy atom. The monoisotopic (exact) mass is 431 g/mol. The minimum atomic E-state index is -0.280. The molecule has 6 nitrogen and oxygen atoms in total. The molecule has 6 heteroatoms. The quantitative estimate of drug-likeness (QED) is 0.257. The summed E-state index contributed by atoms with van der Waals surface area (Å²) in [5.41, 5.74) is 5.12. The SMILES string of the molecule is CC[C@@H](C)c1ccccc1OCCCOc1ccc(/C=N\NC(=O)c2ccncc2)cc1. The highest BCUT2D eigenvalue weighted by atomic mass is 16.5. The number of amides is 1. The minimum absolute atomic E-state index is 0.280. The van der Waals surface area contributed by atoms with Crippen LogP contribution in [0, 0.1) is 0 Å². The van der Waals surface area contributed by atoms with Gasteiger partial charge in [0.05, 0.1) is 19.4 Å². The maximum absolute atomic E-state index is 11.9. The Morgan fingerprint density at radius 3 is 2.50 bits per heavy atom. The van der Waals surface area contributed by atoms with Crippen molar-refractivity contribution in [3.8, 4) is 11.5 Å². The molecule has 1 N–H and O–H groups in total. The normalized spacial score (nSPS) is 11.8. The lowest BCUT2D eigenvalue weighted by Gasteiger charge is -2.15. The van der Waals surface area contributed by atoms with Crippen LogP contribution in [-0.4, -0.2) is 30.3 Å². The summed E-state index contributed by atoms with van der Waals surface area (Å²) in [5, 5.41) is 3.99. The van der Waals surface area contributed by atoms with Gasteiger partial charge in [-0.05, 0) is 65.9 Å². The number of carbonyl (C=O) groups is 1. The Bertz CT molecular complexity index is 1000. The number of carbonyl (C=O) groups excluding carboxylic acids is 1. The van der Waals surface area contributed by atoms with Gasteiger partial charge < -0.3 is 9.47 Å². The molecule has 3 aromatic rings. The first-order chi connectivity index (χ1) is 15.7. The van der Waals surface area contributed by atoms with Crippen LogP contribution in [0.15, 0.2) is 78.2 Å². The second-order valence-electron chi connectivity index (χ2n) is 7.40. The Balaban J connectivity index is 1.39. The van der Waals surface area contributed by atoms with E-state index >= 15 is 0 Å². The minimum Gasteiger partial charge on any atom is -0.493 e.